The summed E-state index contributed by atoms with van der Waals surface area (Å²) >= 11 is 0. The van der Waals surface area contributed by atoms with Crippen LogP contribution in [0.2, 0.25) is 0 Å². The van der Waals surface area contributed by atoms with Gasteiger partial charge in [0, 0.05) is 5.56 Å². The van der Waals surface area contributed by atoms with Gasteiger partial charge in [0.2, 0.25) is 0 Å². The van der Waals surface area contributed by atoms with Crippen LogP contribution in [0, 0.1) is 0 Å². The lowest BCUT2D eigenvalue weighted by molar-refractivity contribution is 0.141. The number of aliphatic hydroxyl groups is 1. The van der Waals surface area contributed by atoms with Crippen LogP contribution in [0.3, 0.4) is 0 Å². The first kappa shape index (κ1) is 8.62. The van der Waals surface area contributed by atoms with Crippen molar-refractivity contribution in [1.29, 1.82) is 0 Å². The normalized spacial score (nSPS) is 22.0. The second-order valence-electron chi connectivity index (χ2n) is 3.21. The van der Waals surface area contributed by atoms with Crippen LogP contribution in [-0.2, 0) is 6.42 Å². The molecule has 1 unspecified atom stereocenters. The second-order valence-corrected chi connectivity index (χ2v) is 3.21. The van der Waals surface area contributed by atoms with E-state index < -0.39 is 12.5 Å². The first-order valence-electron chi connectivity index (χ1n) is 4.23. The quantitative estimate of drug-likeness (QED) is 0.704. The Bertz CT molecular complexity index is 298. The highest BCUT2D eigenvalue weighted by Gasteiger charge is 2.27. The predicted molar refractivity (Wildman–Crippen MR) is 41.4 cm³/mol. The number of alkyl halides is 2. The monoisotopic (exact) mass is 188 g/mol. The number of fused-ring (bicyclic) bond motifs is 1. The van der Waals surface area contributed by atoms with E-state index in [-0.39, 0.29) is 5.69 Å². The van der Waals surface area contributed by atoms with Gasteiger partial charge in [-0.2, -0.15) is 5.10 Å². The van der Waals surface area contributed by atoms with E-state index in [2.05, 4.69) is 10.2 Å². The lowest BCUT2D eigenvalue weighted by atomic mass is 9.94. The molecule has 72 valence electrons. The van der Waals surface area contributed by atoms with E-state index >= 15 is 0 Å². The molecule has 13 heavy (non-hydrogen) atoms. The SMILES string of the molecule is OC1CCCc2c(C(F)F)n[nH]c21. The van der Waals surface area contributed by atoms with Gasteiger partial charge in [-0.15, -0.1) is 0 Å². The summed E-state index contributed by atoms with van der Waals surface area (Å²) in [5.41, 5.74) is 0.782. The van der Waals surface area contributed by atoms with Crippen molar-refractivity contribution in [3.63, 3.8) is 0 Å². The summed E-state index contributed by atoms with van der Waals surface area (Å²) in [5.74, 6) is 0. The molecule has 1 heterocycles. The Kier molecular flexibility index (Phi) is 2.03. The Morgan fingerprint density at radius 2 is 2.31 bits per heavy atom. The van der Waals surface area contributed by atoms with Crippen molar-refractivity contribution < 1.29 is 13.9 Å². The van der Waals surface area contributed by atoms with Gasteiger partial charge >= 0.3 is 0 Å². The molecule has 1 atom stereocenters. The maximum Gasteiger partial charge on any atom is 0.282 e. The number of halogens is 2. The summed E-state index contributed by atoms with van der Waals surface area (Å²) in [7, 11) is 0. The summed E-state index contributed by atoms with van der Waals surface area (Å²) in [6.07, 6.45) is -1.25. The highest BCUT2D eigenvalue weighted by molar-refractivity contribution is 5.29. The number of aromatic nitrogens is 2. The van der Waals surface area contributed by atoms with E-state index in [1.165, 1.54) is 0 Å². The number of nitrogens with zero attached hydrogens (tertiary/aromatic N) is 1. The molecule has 0 aromatic carbocycles. The summed E-state index contributed by atoms with van der Waals surface area (Å²) in [5, 5.41) is 15.4. The molecule has 1 aromatic heterocycles. The summed E-state index contributed by atoms with van der Waals surface area (Å²) in [6.45, 7) is 0. The van der Waals surface area contributed by atoms with E-state index in [0.717, 1.165) is 6.42 Å². The van der Waals surface area contributed by atoms with Crippen LogP contribution >= 0.6 is 0 Å². The number of hydrogen-bond donors (Lipinski definition) is 2. The maximum atomic E-state index is 12.4. The molecule has 2 N–H and O–H groups in total. The lowest BCUT2D eigenvalue weighted by Crippen LogP contribution is -2.09. The van der Waals surface area contributed by atoms with Crippen molar-refractivity contribution in [2.75, 3.05) is 0 Å². The predicted octanol–water partition coefficient (Wildman–Crippen LogP) is 1.72. The van der Waals surface area contributed by atoms with Gasteiger partial charge in [-0.3, -0.25) is 5.10 Å². The molecule has 0 saturated carbocycles. The number of nitrogens with one attached hydrogen (secondary N) is 1. The minimum absolute atomic E-state index is 0.200. The average molecular weight is 188 g/mol. The molecule has 1 aliphatic rings. The van der Waals surface area contributed by atoms with E-state index in [1.807, 2.05) is 0 Å². The van der Waals surface area contributed by atoms with Gasteiger partial charge in [-0.1, -0.05) is 0 Å². The Morgan fingerprint density at radius 3 is 3.00 bits per heavy atom. The van der Waals surface area contributed by atoms with Crippen LogP contribution in [0.25, 0.3) is 0 Å². The fourth-order valence-electron chi connectivity index (χ4n) is 1.73. The minimum atomic E-state index is -2.55. The Balaban J connectivity index is 2.41. The largest absolute Gasteiger partial charge is 0.387 e. The number of aliphatic hydroxyl groups excluding tert-OH is 1. The molecule has 0 saturated heterocycles. The van der Waals surface area contributed by atoms with Gasteiger partial charge in [0.15, 0.2) is 0 Å². The minimum Gasteiger partial charge on any atom is -0.387 e. The lowest BCUT2D eigenvalue weighted by Gasteiger charge is -2.16. The molecule has 0 aliphatic heterocycles. The van der Waals surface area contributed by atoms with Gasteiger partial charge < -0.3 is 5.11 Å². The fourth-order valence-corrected chi connectivity index (χ4v) is 1.73. The maximum absolute atomic E-state index is 12.4. The topological polar surface area (TPSA) is 48.9 Å². The van der Waals surface area contributed by atoms with Crippen molar-refractivity contribution >= 4 is 0 Å². The van der Waals surface area contributed by atoms with Crippen LogP contribution in [0.5, 0.6) is 0 Å². The van der Waals surface area contributed by atoms with Crippen molar-refractivity contribution in [2.45, 2.75) is 31.8 Å². The molecule has 0 amide bonds. The Hall–Kier alpha value is -0.970. The Morgan fingerprint density at radius 1 is 1.54 bits per heavy atom. The van der Waals surface area contributed by atoms with E-state index in [1.54, 1.807) is 0 Å². The summed E-state index contributed by atoms with van der Waals surface area (Å²) < 4.78 is 24.7. The third kappa shape index (κ3) is 1.33. The molecule has 0 radical (unpaired) electrons. The smallest absolute Gasteiger partial charge is 0.282 e. The zero-order valence-electron chi connectivity index (χ0n) is 6.93. The molecule has 1 aromatic rings. The molecule has 1 aliphatic carbocycles. The third-order valence-corrected chi connectivity index (χ3v) is 2.38. The number of hydrogen-bond acceptors (Lipinski definition) is 2. The van der Waals surface area contributed by atoms with Gasteiger partial charge in [0.25, 0.3) is 6.43 Å². The molecule has 2 rings (SSSR count). The highest BCUT2D eigenvalue weighted by Crippen LogP contribution is 2.33. The van der Waals surface area contributed by atoms with Crippen molar-refractivity contribution in [2.24, 2.45) is 0 Å². The fraction of sp³-hybridized carbons (Fsp3) is 0.625. The van der Waals surface area contributed by atoms with Crippen molar-refractivity contribution in [1.82, 2.24) is 10.2 Å². The molecular weight excluding hydrogens is 178 g/mol. The van der Waals surface area contributed by atoms with E-state index in [4.69, 9.17) is 0 Å². The molecule has 5 heteroatoms. The molecule has 0 fully saturated rings. The first-order chi connectivity index (χ1) is 6.20. The highest BCUT2D eigenvalue weighted by atomic mass is 19.3. The molecule has 0 bridgehead atoms. The van der Waals surface area contributed by atoms with Crippen LogP contribution in [0.1, 0.15) is 42.3 Å². The average Bonchev–Trinajstić information content (AvgIpc) is 2.48. The van der Waals surface area contributed by atoms with E-state index in [0.29, 0.717) is 24.1 Å². The second kappa shape index (κ2) is 3.06. The van der Waals surface area contributed by atoms with Gasteiger partial charge in [-0.05, 0) is 19.3 Å². The summed E-state index contributed by atoms with van der Waals surface area (Å²) in [6, 6.07) is 0. The molecular formula is C8H10F2N2O. The van der Waals surface area contributed by atoms with Gasteiger partial charge in [-0.25, -0.2) is 8.78 Å². The standard InChI is InChI=1S/C8H10F2N2O/c9-8(10)7-4-2-1-3-5(13)6(4)11-12-7/h5,8,13H,1-3H2,(H,11,12). The van der Waals surface area contributed by atoms with Crippen LogP contribution in [-0.4, -0.2) is 15.3 Å². The zero-order chi connectivity index (χ0) is 9.42. The third-order valence-electron chi connectivity index (χ3n) is 2.38. The Labute approximate surface area is 73.8 Å². The zero-order valence-corrected chi connectivity index (χ0v) is 6.93. The van der Waals surface area contributed by atoms with Crippen molar-refractivity contribution in [3.8, 4) is 0 Å². The van der Waals surface area contributed by atoms with Crippen LogP contribution < -0.4 is 0 Å². The van der Waals surface area contributed by atoms with Gasteiger partial charge in [0.1, 0.15) is 5.69 Å². The van der Waals surface area contributed by atoms with Crippen LogP contribution in [0.15, 0.2) is 0 Å². The van der Waals surface area contributed by atoms with E-state index in [9.17, 15) is 13.9 Å². The first-order valence-corrected chi connectivity index (χ1v) is 4.23. The molecule has 0 spiro atoms. The van der Waals surface area contributed by atoms with Gasteiger partial charge in [0.05, 0.1) is 11.8 Å². The number of rotatable bonds is 1. The molecule has 3 nitrogen and oxygen atoms in total. The number of H-pyrrole nitrogens is 1. The van der Waals surface area contributed by atoms with Crippen LogP contribution in [0.4, 0.5) is 8.78 Å². The number of aromatic amines is 1. The summed E-state index contributed by atoms with van der Waals surface area (Å²) in [4.78, 5) is 0. The van der Waals surface area contributed by atoms with Crippen molar-refractivity contribution in [3.05, 3.63) is 17.0 Å².